The van der Waals surface area contributed by atoms with E-state index in [1.165, 1.54) is 22.1 Å². The zero-order valence-corrected chi connectivity index (χ0v) is 18.0. The fourth-order valence-electron chi connectivity index (χ4n) is 4.15. The maximum Gasteiger partial charge on any atom is 0.152 e. The Kier molecular flexibility index (Phi) is 6.95. The quantitative estimate of drug-likeness (QED) is 0.641. The number of hydrogen-bond acceptors (Lipinski definition) is 5. The van der Waals surface area contributed by atoms with E-state index in [4.69, 9.17) is 9.47 Å². The molecule has 5 heteroatoms. The highest BCUT2D eigenvalue weighted by molar-refractivity contribution is 5.89. The summed E-state index contributed by atoms with van der Waals surface area (Å²) in [5.74, 6) is 0.950. The standard InChI is InChI=1S/C23H25N3O2.C2H6/c1-2-5-18(6-3-1)14-26-16-20-13-19(15-25-9-11-27-12-10-25)21-7-4-8-24-22(21)23(20)28-17-26;1-2/h1-8,13H,9-12,14-17H2;1-2H3. The van der Waals surface area contributed by atoms with Crippen LogP contribution in [0.4, 0.5) is 0 Å². The third-order valence-electron chi connectivity index (χ3n) is 5.54. The second kappa shape index (κ2) is 10.0. The predicted molar refractivity (Wildman–Crippen MR) is 120 cm³/mol. The molecule has 158 valence electrons. The molecule has 2 aliphatic rings. The number of benzene rings is 2. The molecule has 0 spiro atoms. The van der Waals surface area contributed by atoms with Crippen molar-refractivity contribution in [1.82, 2.24) is 14.8 Å². The minimum Gasteiger partial charge on any atom is -0.475 e. The molecule has 0 N–H and O–H groups in total. The maximum atomic E-state index is 6.20. The molecule has 2 aliphatic heterocycles. The average molecular weight is 406 g/mol. The first-order valence-corrected chi connectivity index (χ1v) is 11.0. The largest absolute Gasteiger partial charge is 0.475 e. The van der Waals surface area contributed by atoms with Crippen molar-refractivity contribution < 1.29 is 9.47 Å². The van der Waals surface area contributed by atoms with Crippen LogP contribution in [0.5, 0.6) is 5.75 Å². The lowest BCUT2D eigenvalue weighted by Gasteiger charge is -2.31. The number of morpholine rings is 1. The first-order valence-electron chi connectivity index (χ1n) is 11.0. The van der Waals surface area contributed by atoms with E-state index in [9.17, 15) is 0 Å². The number of aromatic nitrogens is 1. The summed E-state index contributed by atoms with van der Waals surface area (Å²) >= 11 is 0. The van der Waals surface area contributed by atoms with E-state index >= 15 is 0 Å². The van der Waals surface area contributed by atoms with Gasteiger partial charge in [0.15, 0.2) is 5.75 Å². The van der Waals surface area contributed by atoms with Crippen molar-refractivity contribution in [1.29, 1.82) is 0 Å². The average Bonchev–Trinajstić information content (AvgIpc) is 2.82. The lowest BCUT2D eigenvalue weighted by atomic mass is 10.0. The zero-order chi connectivity index (χ0) is 20.8. The topological polar surface area (TPSA) is 37.8 Å². The predicted octanol–water partition coefficient (Wildman–Crippen LogP) is 4.45. The summed E-state index contributed by atoms with van der Waals surface area (Å²) in [5, 5.41) is 1.20. The molecule has 0 unspecified atom stereocenters. The highest BCUT2D eigenvalue weighted by Gasteiger charge is 2.23. The van der Waals surface area contributed by atoms with Gasteiger partial charge >= 0.3 is 0 Å². The van der Waals surface area contributed by atoms with Crippen LogP contribution in [0.25, 0.3) is 10.9 Å². The van der Waals surface area contributed by atoms with Crippen LogP contribution < -0.4 is 4.74 Å². The Morgan fingerprint density at radius 3 is 2.53 bits per heavy atom. The summed E-state index contributed by atoms with van der Waals surface area (Å²) in [4.78, 5) is 9.47. The molecule has 5 rings (SSSR count). The molecule has 3 heterocycles. The van der Waals surface area contributed by atoms with Gasteiger partial charge in [0, 0.05) is 49.9 Å². The number of ether oxygens (including phenoxy) is 2. The highest BCUT2D eigenvalue weighted by Crippen LogP contribution is 2.35. The van der Waals surface area contributed by atoms with Crippen molar-refractivity contribution in [2.45, 2.75) is 33.5 Å². The van der Waals surface area contributed by atoms with Crippen LogP contribution in [0.15, 0.2) is 54.7 Å². The first kappa shape index (κ1) is 20.8. The van der Waals surface area contributed by atoms with Gasteiger partial charge in [-0.2, -0.15) is 0 Å². The van der Waals surface area contributed by atoms with Crippen molar-refractivity contribution in [3.8, 4) is 5.75 Å². The Hall–Kier alpha value is -2.47. The summed E-state index contributed by atoms with van der Waals surface area (Å²) in [7, 11) is 0. The fraction of sp³-hybridized carbons (Fsp3) is 0.400. The van der Waals surface area contributed by atoms with Crippen LogP contribution in [-0.2, 0) is 24.4 Å². The van der Waals surface area contributed by atoms with Gasteiger partial charge in [0.1, 0.15) is 12.2 Å². The molecule has 0 atom stereocenters. The van der Waals surface area contributed by atoms with Crippen LogP contribution in [0.2, 0.25) is 0 Å². The second-order valence-corrected chi connectivity index (χ2v) is 7.56. The summed E-state index contributed by atoms with van der Waals surface area (Å²) < 4.78 is 11.7. The van der Waals surface area contributed by atoms with Crippen molar-refractivity contribution >= 4 is 10.9 Å². The number of fused-ring (bicyclic) bond motifs is 3. The van der Waals surface area contributed by atoms with Crippen LogP contribution in [0.1, 0.15) is 30.5 Å². The Morgan fingerprint density at radius 1 is 0.933 bits per heavy atom. The van der Waals surface area contributed by atoms with E-state index in [0.717, 1.165) is 57.2 Å². The molecule has 1 fully saturated rings. The minimum absolute atomic E-state index is 0.594. The van der Waals surface area contributed by atoms with Crippen LogP contribution in [0, 0.1) is 0 Å². The maximum absolute atomic E-state index is 6.20. The first-order chi connectivity index (χ1) is 14.9. The SMILES string of the molecule is CC.c1ccc(CN2COc3c(cc(CN4CCOCC4)c4cccnc34)C2)cc1. The van der Waals surface area contributed by atoms with Gasteiger partial charge in [-0.3, -0.25) is 14.8 Å². The van der Waals surface area contributed by atoms with Crippen LogP contribution in [-0.4, -0.2) is 47.8 Å². The van der Waals surface area contributed by atoms with Gasteiger partial charge in [0.2, 0.25) is 0 Å². The molecule has 0 radical (unpaired) electrons. The molecular weight excluding hydrogens is 374 g/mol. The van der Waals surface area contributed by atoms with Crippen LogP contribution in [0.3, 0.4) is 0 Å². The Labute approximate surface area is 179 Å². The van der Waals surface area contributed by atoms with Gasteiger partial charge < -0.3 is 9.47 Å². The molecule has 1 saturated heterocycles. The van der Waals surface area contributed by atoms with E-state index in [1.807, 2.05) is 26.1 Å². The molecule has 2 aromatic carbocycles. The van der Waals surface area contributed by atoms with E-state index in [1.54, 1.807) is 0 Å². The molecule has 0 saturated carbocycles. The van der Waals surface area contributed by atoms with Crippen molar-refractivity contribution in [3.05, 3.63) is 71.4 Å². The fourth-order valence-corrected chi connectivity index (χ4v) is 4.15. The summed E-state index contributed by atoms with van der Waals surface area (Å²) in [6, 6.07) is 17.1. The van der Waals surface area contributed by atoms with Crippen molar-refractivity contribution in [2.24, 2.45) is 0 Å². The lowest BCUT2D eigenvalue weighted by molar-refractivity contribution is 0.0343. The monoisotopic (exact) mass is 405 g/mol. The third kappa shape index (κ3) is 4.64. The summed E-state index contributed by atoms with van der Waals surface area (Å²) in [5.41, 5.74) is 4.86. The number of rotatable bonds is 4. The van der Waals surface area contributed by atoms with E-state index in [-0.39, 0.29) is 0 Å². The molecule has 0 amide bonds. The Bertz CT molecular complexity index is 955. The van der Waals surface area contributed by atoms with Gasteiger partial charge in [-0.25, -0.2) is 0 Å². The summed E-state index contributed by atoms with van der Waals surface area (Å²) in [6.07, 6.45) is 1.86. The number of nitrogens with zero attached hydrogens (tertiary/aromatic N) is 3. The molecule has 5 nitrogen and oxygen atoms in total. The van der Waals surface area contributed by atoms with E-state index in [2.05, 4.69) is 57.2 Å². The molecule has 30 heavy (non-hydrogen) atoms. The molecule has 3 aromatic rings. The highest BCUT2D eigenvalue weighted by atomic mass is 16.5. The molecule has 0 aliphatic carbocycles. The van der Waals surface area contributed by atoms with E-state index < -0.39 is 0 Å². The van der Waals surface area contributed by atoms with Crippen LogP contribution >= 0.6 is 0 Å². The summed E-state index contributed by atoms with van der Waals surface area (Å²) in [6.45, 7) is 10.9. The molecule has 1 aromatic heterocycles. The van der Waals surface area contributed by atoms with Crippen molar-refractivity contribution in [3.63, 3.8) is 0 Å². The Morgan fingerprint density at radius 2 is 1.73 bits per heavy atom. The van der Waals surface area contributed by atoms with Gasteiger partial charge in [0.05, 0.1) is 13.2 Å². The van der Waals surface area contributed by atoms with Crippen molar-refractivity contribution in [2.75, 3.05) is 33.0 Å². The molecule has 0 bridgehead atoms. The van der Waals surface area contributed by atoms with Gasteiger partial charge in [-0.1, -0.05) is 50.2 Å². The smallest absolute Gasteiger partial charge is 0.152 e. The zero-order valence-electron chi connectivity index (χ0n) is 18.0. The van der Waals surface area contributed by atoms with Gasteiger partial charge in [0.25, 0.3) is 0 Å². The van der Waals surface area contributed by atoms with E-state index in [0.29, 0.717) is 6.73 Å². The molecular formula is C25H31N3O2. The Balaban J connectivity index is 0.00000106. The minimum atomic E-state index is 0.594. The third-order valence-corrected chi connectivity index (χ3v) is 5.54. The normalized spacial score (nSPS) is 17.0. The number of pyridine rings is 1. The van der Waals surface area contributed by atoms with Gasteiger partial charge in [-0.05, 0) is 23.3 Å². The lowest BCUT2D eigenvalue weighted by Crippen LogP contribution is -2.36. The number of hydrogen-bond donors (Lipinski definition) is 0. The second-order valence-electron chi connectivity index (χ2n) is 7.56. The van der Waals surface area contributed by atoms with Gasteiger partial charge in [-0.15, -0.1) is 0 Å².